The number of hydrogen-bond acceptors (Lipinski definition) is 7. The lowest BCUT2D eigenvalue weighted by molar-refractivity contribution is -0.154. The molecule has 9 heteroatoms. The molecule has 0 aliphatic heterocycles. The summed E-state index contributed by atoms with van der Waals surface area (Å²) in [5.74, 6) is -0.366. The van der Waals surface area contributed by atoms with Gasteiger partial charge < -0.3 is 20.1 Å². The van der Waals surface area contributed by atoms with Crippen LogP contribution < -0.4 is 5.73 Å². The highest BCUT2D eigenvalue weighted by atomic mass is 31.2. The van der Waals surface area contributed by atoms with E-state index in [-0.39, 0.29) is 38.8 Å². The third-order valence-corrected chi connectivity index (χ3v) is 9.17. The third kappa shape index (κ3) is 42.3. The molecule has 56 heavy (non-hydrogen) atoms. The molecule has 0 radical (unpaired) electrons. The highest BCUT2D eigenvalue weighted by molar-refractivity contribution is 7.47. The van der Waals surface area contributed by atoms with Crippen molar-refractivity contribution in [3.05, 3.63) is 109 Å². The van der Waals surface area contributed by atoms with Crippen LogP contribution in [0.3, 0.4) is 0 Å². The van der Waals surface area contributed by atoms with E-state index in [0.29, 0.717) is 6.61 Å². The van der Waals surface area contributed by atoms with Crippen LogP contribution >= 0.6 is 7.82 Å². The molecule has 2 atom stereocenters. The topological polar surface area (TPSA) is 117 Å². The van der Waals surface area contributed by atoms with Gasteiger partial charge in [0.2, 0.25) is 0 Å². The number of ether oxygens (including phenoxy) is 2. The third-order valence-electron chi connectivity index (χ3n) is 8.19. The number of nitrogens with two attached hydrogens (primary N) is 1. The highest BCUT2D eigenvalue weighted by Gasteiger charge is 2.25. The summed E-state index contributed by atoms with van der Waals surface area (Å²) in [5.41, 5.74) is 5.36. The Labute approximate surface area is 342 Å². The maximum Gasteiger partial charge on any atom is 0.472 e. The number of unbranched alkanes of at least 4 members (excludes halogenated alkanes) is 8. The molecule has 0 bridgehead atoms. The lowest BCUT2D eigenvalue weighted by Gasteiger charge is -2.20. The minimum atomic E-state index is -4.30. The quantitative estimate of drug-likeness (QED) is 0.0273. The fourth-order valence-electron chi connectivity index (χ4n) is 5.14. The summed E-state index contributed by atoms with van der Waals surface area (Å²) < 4.78 is 33.3. The van der Waals surface area contributed by atoms with Gasteiger partial charge in [0.15, 0.2) is 0 Å². The van der Waals surface area contributed by atoms with Gasteiger partial charge in [-0.05, 0) is 89.9 Å². The van der Waals surface area contributed by atoms with Crippen LogP contribution in [0.25, 0.3) is 0 Å². The second kappa shape index (κ2) is 43.3. The molecule has 0 aromatic carbocycles. The molecule has 0 rings (SSSR count). The van der Waals surface area contributed by atoms with Crippen molar-refractivity contribution in [1.29, 1.82) is 0 Å². The van der Waals surface area contributed by atoms with Crippen molar-refractivity contribution < 1.29 is 32.8 Å². The van der Waals surface area contributed by atoms with E-state index >= 15 is 0 Å². The normalized spacial score (nSPS) is 14.6. The van der Waals surface area contributed by atoms with E-state index < -0.39 is 13.9 Å². The molecule has 0 saturated heterocycles. The molecule has 318 valence electrons. The summed E-state index contributed by atoms with van der Waals surface area (Å²) in [5, 5.41) is 0. The molecule has 0 saturated carbocycles. The molecular weight excluding hydrogens is 721 g/mol. The number of phosphoric ester groups is 1. The fourth-order valence-corrected chi connectivity index (χ4v) is 5.91. The van der Waals surface area contributed by atoms with Crippen LogP contribution in [0.4, 0.5) is 0 Å². The zero-order valence-electron chi connectivity index (χ0n) is 35.1. The van der Waals surface area contributed by atoms with E-state index in [9.17, 15) is 14.3 Å². The Balaban J connectivity index is 4.20. The number of carbonyl (C=O) groups is 1. The Bertz CT molecular complexity index is 1210. The smallest absolute Gasteiger partial charge is 0.457 e. The van der Waals surface area contributed by atoms with Gasteiger partial charge in [-0.3, -0.25) is 13.8 Å². The summed E-state index contributed by atoms with van der Waals surface area (Å²) in [6.07, 6.45) is 58.3. The summed E-state index contributed by atoms with van der Waals surface area (Å²) in [6.45, 7) is 4.49. The van der Waals surface area contributed by atoms with E-state index in [1.807, 2.05) is 0 Å². The number of phosphoric acid groups is 1. The van der Waals surface area contributed by atoms with Crippen molar-refractivity contribution in [2.75, 3.05) is 33.0 Å². The maximum atomic E-state index is 12.6. The first-order valence-electron chi connectivity index (χ1n) is 21.4. The molecule has 2 unspecified atom stereocenters. The van der Waals surface area contributed by atoms with E-state index in [4.69, 9.17) is 24.3 Å². The largest absolute Gasteiger partial charge is 0.472 e. The summed E-state index contributed by atoms with van der Waals surface area (Å²) >= 11 is 0. The predicted octanol–water partition coefficient (Wildman–Crippen LogP) is 12.9. The number of hydrogen-bond donors (Lipinski definition) is 2. The lowest BCUT2D eigenvalue weighted by atomic mass is 10.1. The van der Waals surface area contributed by atoms with E-state index in [2.05, 4.69) is 123 Å². The first-order valence-corrected chi connectivity index (χ1v) is 22.9. The Kier molecular flexibility index (Phi) is 41.1. The zero-order chi connectivity index (χ0) is 40.9. The van der Waals surface area contributed by atoms with Crippen LogP contribution in [0.15, 0.2) is 109 Å². The standard InChI is InChI=1S/C47H78NO7P/c1-3-5-7-9-11-13-15-17-19-21-22-23-25-27-29-31-33-35-37-39-42-52-44-46(45-54-56(50,51)53-43-41-48)55-47(49)40-38-36-34-32-30-28-26-24-20-18-16-14-12-10-8-6-4-2/h5-8,11-14,17-20,22-23,27,29,33,35,46H,3-4,9-10,15-16,21,24-26,28,30-32,34,36-45,48H2,1-2H3,(H,50,51)/b7-5-,8-6-,13-11-,14-12-,19-17-,20-18-,23-22-,29-27-,35-33-. The lowest BCUT2D eigenvalue weighted by Crippen LogP contribution is -2.28. The number of esters is 1. The molecule has 0 heterocycles. The van der Waals surface area contributed by atoms with Crippen molar-refractivity contribution in [2.45, 2.75) is 148 Å². The minimum Gasteiger partial charge on any atom is -0.457 e. The van der Waals surface area contributed by atoms with Gasteiger partial charge in [-0.2, -0.15) is 0 Å². The molecule has 0 aliphatic rings. The van der Waals surface area contributed by atoms with Gasteiger partial charge in [-0.15, -0.1) is 0 Å². The maximum absolute atomic E-state index is 12.6. The first kappa shape index (κ1) is 53.2. The summed E-state index contributed by atoms with van der Waals surface area (Å²) in [6, 6.07) is 0. The molecule has 0 aromatic heterocycles. The van der Waals surface area contributed by atoms with E-state index in [1.165, 1.54) is 19.3 Å². The molecule has 0 fully saturated rings. The van der Waals surface area contributed by atoms with Gasteiger partial charge in [0.05, 0.1) is 19.8 Å². The van der Waals surface area contributed by atoms with Crippen LogP contribution in [-0.4, -0.2) is 49.9 Å². The Morgan fingerprint density at radius 2 is 0.946 bits per heavy atom. The Morgan fingerprint density at radius 1 is 0.536 bits per heavy atom. The Morgan fingerprint density at radius 3 is 1.41 bits per heavy atom. The van der Waals surface area contributed by atoms with Crippen molar-refractivity contribution in [2.24, 2.45) is 5.73 Å². The number of rotatable bonds is 39. The van der Waals surface area contributed by atoms with Crippen LogP contribution in [0.1, 0.15) is 142 Å². The second-order valence-electron chi connectivity index (χ2n) is 13.4. The summed E-state index contributed by atoms with van der Waals surface area (Å²) in [7, 11) is -4.30. The number of allylic oxidation sites excluding steroid dienone is 18. The zero-order valence-corrected chi connectivity index (χ0v) is 36.0. The van der Waals surface area contributed by atoms with Crippen molar-refractivity contribution in [3.8, 4) is 0 Å². The first-order chi connectivity index (χ1) is 27.4. The highest BCUT2D eigenvalue weighted by Crippen LogP contribution is 2.43. The summed E-state index contributed by atoms with van der Waals surface area (Å²) in [4.78, 5) is 22.5. The average molecular weight is 800 g/mol. The molecule has 0 spiro atoms. The fraction of sp³-hybridized carbons (Fsp3) is 0.596. The Hall–Kier alpha value is -2.84. The molecule has 0 aromatic rings. The van der Waals surface area contributed by atoms with E-state index in [0.717, 1.165) is 103 Å². The van der Waals surface area contributed by atoms with Crippen LogP contribution in [0.2, 0.25) is 0 Å². The molecular formula is C47H78NO7P. The monoisotopic (exact) mass is 800 g/mol. The van der Waals surface area contributed by atoms with Crippen LogP contribution in [0, 0.1) is 0 Å². The van der Waals surface area contributed by atoms with Gasteiger partial charge >= 0.3 is 13.8 Å². The van der Waals surface area contributed by atoms with Crippen molar-refractivity contribution >= 4 is 13.8 Å². The van der Waals surface area contributed by atoms with Crippen molar-refractivity contribution in [1.82, 2.24) is 0 Å². The van der Waals surface area contributed by atoms with Gasteiger partial charge in [0.25, 0.3) is 0 Å². The average Bonchev–Trinajstić information content (AvgIpc) is 3.19. The second-order valence-corrected chi connectivity index (χ2v) is 14.9. The van der Waals surface area contributed by atoms with E-state index in [1.54, 1.807) is 0 Å². The van der Waals surface area contributed by atoms with Crippen molar-refractivity contribution in [3.63, 3.8) is 0 Å². The predicted molar refractivity (Wildman–Crippen MR) is 237 cm³/mol. The molecule has 0 amide bonds. The van der Waals surface area contributed by atoms with Gasteiger partial charge in [-0.25, -0.2) is 4.57 Å². The van der Waals surface area contributed by atoms with Gasteiger partial charge in [0, 0.05) is 19.6 Å². The molecule has 8 nitrogen and oxygen atoms in total. The SMILES string of the molecule is CC/C=C\C/C=C\C/C=C\C/C=C\C/C=C\C/C=C\CCCOCC(COP(=O)(O)OCCN)OC(=O)CCCCCCCCC/C=C\C/C=C\C/C=C\CC. The molecule has 3 N–H and O–H groups in total. The molecule has 0 aliphatic carbocycles. The minimum absolute atomic E-state index is 0.0644. The van der Waals surface area contributed by atoms with Crippen LogP contribution in [-0.2, 0) is 27.9 Å². The number of carbonyl (C=O) groups excluding carboxylic acids is 1. The van der Waals surface area contributed by atoms with Gasteiger partial charge in [-0.1, -0.05) is 155 Å². The van der Waals surface area contributed by atoms with Crippen LogP contribution in [0.5, 0.6) is 0 Å². The van der Waals surface area contributed by atoms with Gasteiger partial charge in [0.1, 0.15) is 6.10 Å².